The first-order valence-electron chi connectivity index (χ1n) is 5.59. The first-order chi connectivity index (χ1) is 8.11. The molecule has 1 aliphatic heterocycles. The fourth-order valence-corrected chi connectivity index (χ4v) is 2.37. The highest BCUT2D eigenvalue weighted by Crippen LogP contribution is 2.23. The highest BCUT2D eigenvalue weighted by molar-refractivity contribution is 14.1. The van der Waals surface area contributed by atoms with Gasteiger partial charge in [0.1, 0.15) is 5.75 Å². The van der Waals surface area contributed by atoms with Crippen LogP contribution in [0.3, 0.4) is 0 Å². The maximum Gasteiger partial charge on any atom is 0.253 e. The quantitative estimate of drug-likeness (QED) is 0.796. The van der Waals surface area contributed by atoms with Crippen molar-refractivity contribution in [2.24, 2.45) is 11.7 Å². The van der Waals surface area contributed by atoms with Crippen LogP contribution in [-0.4, -0.2) is 35.5 Å². The zero-order chi connectivity index (χ0) is 12.4. The lowest BCUT2D eigenvalue weighted by Gasteiger charge is -2.16. The monoisotopic (exact) mass is 346 g/mol. The summed E-state index contributed by atoms with van der Waals surface area (Å²) in [5.74, 6) is 0.551. The van der Waals surface area contributed by atoms with Crippen LogP contribution in [0.15, 0.2) is 18.2 Å². The number of halogens is 1. The van der Waals surface area contributed by atoms with E-state index in [4.69, 9.17) is 5.73 Å². The minimum atomic E-state index is -0.0207. The molecule has 1 aromatic rings. The summed E-state index contributed by atoms with van der Waals surface area (Å²) in [6.07, 6.45) is 0.971. The number of nitrogens with zero attached hydrogens (tertiary/aromatic N) is 1. The molecule has 1 amide bonds. The molecule has 1 aliphatic rings. The van der Waals surface area contributed by atoms with Gasteiger partial charge in [0.25, 0.3) is 5.91 Å². The standard InChI is InChI=1S/C12H15IN2O2/c13-10-2-1-9(5-11(10)16)12(17)15-4-3-8(6-14)7-15/h1-2,5,8,16H,3-4,6-7,14H2. The van der Waals surface area contributed by atoms with Crippen molar-refractivity contribution in [2.45, 2.75) is 6.42 Å². The van der Waals surface area contributed by atoms with Crippen LogP contribution in [0, 0.1) is 9.49 Å². The second-order valence-electron chi connectivity index (χ2n) is 4.31. The fourth-order valence-electron chi connectivity index (χ4n) is 2.04. The number of phenolic OH excluding ortho intramolecular Hbond substituents is 1. The number of hydrogen-bond acceptors (Lipinski definition) is 3. The van der Waals surface area contributed by atoms with Crippen LogP contribution in [0.1, 0.15) is 16.8 Å². The summed E-state index contributed by atoms with van der Waals surface area (Å²) in [6.45, 7) is 2.11. The van der Waals surface area contributed by atoms with Gasteiger partial charge < -0.3 is 15.7 Å². The Morgan fingerprint density at radius 3 is 2.94 bits per heavy atom. The molecule has 4 nitrogen and oxygen atoms in total. The lowest BCUT2D eigenvalue weighted by atomic mass is 10.1. The van der Waals surface area contributed by atoms with Gasteiger partial charge in [-0.3, -0.25) is 4.79 Å². The molecule has 92 valence electrons. The van der Waals surface area contributed by atoms with Crippen molar-refractivity contribution in [3.63, 3.8) is 0 Å². The molecule has 0 aliphatic carbocycles. The fraction of sp³-hybridized carbons (Fsp3) is 0.417. The Balaban J connectivity index is 2.12. The Hall–Kier alpha value is -0.820. The zero-order valence-corrected chi connectivity index (χ0v) is 11.6. The third-order valence-electron chi connectivity index (χ3n) is 3.10. The molecule has 17 heavy (non-hydrogen) atoms. The Morgan fingerprint density at radius 2 is 2.35 bits per heavy atom. The van der Waals surface area contributed by atoms with Crippen LogP contribution < -0.4 is 5.73 Å². The minimum Gasteiger partial charge on any atom is -0.507 e. The zero-order valence-electron chi connectivity index (χ0n) is 9.40. The van der Waals surface area contributed by atoms with Crippen LogP contribution in [0.2, 0.25) is 0 Å². The Morgan fingerprint density at radius 1 is 1.59 bits per heavy atom. The van der Waals surface area contributed by atoms with E-state index in [0.717, 1.165) is 23.1 Å². The van der Waals surface area contributed by atoms with Gasteiger partial charge in [-0.1, -0.05) is 0 Å². The van der Waals surface area contributed by atoms with Gasteiger partial charge in [0.2, 0.25) is 0 Å². The average Bonchev–Trinajstić information content (AvgIpc) is 2.80. The van der Waals surface area contributed by atoms with Crippen LogP contribution >= 0.6 is 22.6 Å². The van der Waals surface area contributed by atoms with E-state index in [-0.39, 0.29) is 11.7 Å². The van der Waals surface area contributed by atoms with Crippen LogP contribution in [0.4, 0.5) is 0 Å². The molecule has 3 N–H and O–H groups in total. The second-order valence-corrected chi connectivity index (χ2v) is 5.47. The molecule has 2 rings (SSSR count). The first kappa shape index (κ1) is 12.6. The van der Waals surface area contributed by atoms with Crippen LogP contribution in [0.5, 0.6) is 5.75 Å². The second kappa shape index (κ2) is 5.22. The van der Waals surface area contributed by atoms with Crippen molar-refractivity contribution in [1.82, 2.24) is 4.90 Å². The first-order valence-corrected chi connectivity index (χ1v) is 6.67. The number of hydrogen-bond donors (Lipinski definition) is 2. The molecule has 0 aromatic heterocycles. The largest absolute Gasteiger partial charge is 0.507 e. The molecule has 0 spiro atoms. The third-order valence-corrected chi connectivity index (χ3v) is 4.01. The molecule has 1 saturated heterocycles. The number of carbonyl (C=O) groups excluding carboxylic acids is 1. The van der Waals surface area contributed by atoms with Gasteiger partial charge in [-0.15, -0.1) is 0 Å². The minimum absolute atomic E-state index is 0.0207. The molecular formula is C12H15IN2O2. The number of carbonyl (C=O) groups is 1. The SMILES string of the molecule is NCC1CCN(C(=O)c2ccc(I)c(O)c2)C1. The number of aromatic hydroxyl groups is 1. The summed E-state index contributed by atoms with van der Waals surface area (Å²) < 4.78 is 0.750. The number of amides is 1. The predicted octanol–water partition coefficient (Wildman–Crippen LogP) is 1.42. The van der Waals surface area contributed by atoms with E-state index < -0.39 is 0 Å². The molecule has 0 radical (unpaired) electrons. The van der Waals surface area contributed by atoms with Crippen molar-refractivity contribution < 1.29 is 9.90 Å². The number of phenols is 1. The highest BCUT2D eigenvalue weighted by atomic mass is 127. The average molecular weight is 346 g/mol. The summed E-state index contributed by atoms with van der Waals surface area (Å²) in [4.78, 5) is 13.9. The maximum absolute atomic E-state index is 12.1. The Labute approximate surface area is 114 Å². The van der Waals surface area contributed by atoms with Crippen LogP contribution in [0.25, 0.3) is 0 Å². The number of rotatable bonds is 2. The topological polar surface area (TPSA) is 66.6 Å². The van der Waals surface area contributed by atoms with Crippen molar-refractivity contribution in [2.75, 3.05) is 19.6 Å². The van der Waals surface area contributed by atoms with Gasteiger partial charge in [-0.05, 0) is 59.7 Å². The lowest BCUT2D eigenvalue weighted by molar-refractivity contribution is 0.0787. The maximum atomic E-state index is 12.1. The van der Waals surface area contributed by atoms with E-state index in [1.54, 1.807) is 17.0 Å². The summed E-state index contributed by atoms with van der Waals surface area (Å²) in [5.41, 5.74) is 6.14. The molecule has 1 heterocycles. The highest BCUT2D eigenvalue weighted by Gasteiger charge is 2.26. The van der Waals surface area contributed by atoms with Gasteiger partial charge in [0.15, 0.2) is 0 Å². The molecule has 0 saturated carbocycles. The molecule has 1 atom stereocenters. The molecule has 5 heteroatoms. The molecule has 0 bridgehead atoms. The third kappa shape index (κ3) is 2.71. The van der Waals surface area contributed by atoms with E-state index in [1.807, 2.05) is 22.6 Å². The van der Waals surface area contributed by atoms with Gasteiger partial charge in [0.05, 0.1) is 3.57 Å². The Bertz CT molecular complexity index is 437. The summed E-state index contributed by atoms with van der Waals surface area (Å²) in [7, 11) is 0. The smallest absolute Gasteiger partial charge is 0.253 e. The van der Waals surface area contributed by atoms with Gasteiger partial charge in [0, 0.05) is 18.7 Å². The van der Waals surface area contributed by atoms with E-state index in [9.17, 15) is 9.90 Å². The van der Waals surface area contributed by atoms with Gasteiger partial charge in [-0.25, -0.2) is 0 Å². The van der Waals surface area contributed by atoms with Crippen molar-refractivity contribution in [1.29, 1.82) is 0 Å². The van der Waals surface area contributed by atoms with E-state index >= 15 is 0 Å². The van der Waals surface area contributed by atoms with Gasteiger partial charge >= 0.3 is 0 Å². The van der Waals surface area contributed by atoms with E-state index in [1.165, 1.54) is 6.07 Å². The number of nitrogens with two attached hydrogens (primary N) is 1. The summed E-state index contributed by atoms with van der Waals surface area (Å²) in [6, 6.07) is 5.03. The van der Waals surface area contributed by atoms with Crippen molar-refractivity contribution in [3.05, 3.63) is 27.3 Å². The van der Waals surface area contributed by atoms with Gasteiger partial charge in [-0.2, -0.15) is 0 Å². The van der Waals surface area contributed by atoms with Crippen molar-refractivity contribution >= 4 is 28.5 Å². The predicted molar refractivity (Wildman–Crippen MR) is 73.9 cm³/mol. The Kier molecular flexibility index (Phi) is 3.88. The molecular weight excluding hydrogens is 331 g/mol. The molecule has 1 fully saturated rings. The molecule has 1 unspecified atom stereocenters. The van der Waals surface area contributed by atoms with E-state index in [0.29, 0.717) is 18.0 Å². The molecule has 1 aromatic carbocycles. The number of likely N-dealkylation sites (tertiary alicyclic amines) is 1. The van der Waals surface area contributed by atoms with E-state index in [2.05, 4.69) is 0 Å². The summed E-state index contributed by atoms with van der Waals surface area (Å²) in [5, 5.41) is 9.59. The summed E-state index contributed by atoms with van der Waals surface area (Å²) >= 11 is 2.03. The van der Waals surface area contributed by atoms with Crippen LogP contribution in [-0.2, 0) is 0 Å². The van der Waals surface area contributed by atoms with Crippen molar-refractivity contribution in [3.8, 4) is 5.75 Å². The normalized spacial score (nSPS) is 19.6. The lowest BCUT2D eigenvalue weighted by Crippen LogP contribution is -2.29. The number of benzene rings is 1.